The molecule has 19 heavy (non-hydrogen) atoms. The van der Waals surface area contributed by atoms with Gasteiger partial charge >= 0.3 is 0 Å². The van der Waals surface area contributed by atoms with E-state index in [9.17, 15) is 9.50 Å². The molecule has 0 fully saturated rings. The Morgan fingerprint density at radius 1 is 1.16 bits per heavy atom. The maximum Gasteiger partial charge on any atom is 0.123 e. The number of aryl methyl sites for hydroxylation is 1. The predicted octanol–water partition coefficient (Wildman–Crippen LogP) is 3.77. The first-order valence-corrected chi connectivity index (χ1v) is 6.22. The lowest BCUT2D eigenvalue weighted by molar-refractivity contribution is 0.199. The standard InChI is InChI=1S/C16H17FO2/c1-11-3-6-15(17)9-14(11)10-19-16-7-4-13(5-8-16)12(2)18/h3-9,12,18H,10H2,1-2H3/t12-/m0/s1. The second kappa shape index (κ2) is 5.85. The normalized spacial score (nSPS) is 12.2. The maximum atomic E-state index is 13.1. The minimum absolute atomic E-state index is 0.256. The Morgan fingerprint density at radius 3 is 2.47 bits per heavy atom. The lowest BCUT2D eigenvalue weighted by Crippen LogP contribution is -1.99. The first kappa shape index (κ1) is 13.6. The third-order valence-electron chi connectivity index (χ3n) is 3.07. The molecule has 2 rings (SSSR count). The number of hydrogen-bond acceptors (Lipinski definition) is 2. The molecule has 0 spiro atoms. The monoisotopic (exact) mass is 260 g/mol. The fourth-order valence-corrected chi connectivity index (χ4v) is 1.80. The molecular formula is C16H17FO2. The summed E-state index contributed by atoms with van der Waals surface area (Å²) >= 11 is 0. The van der Waals surface area contributed by atoms with Crippen molar-refractivity contribution >= 4 is 0 Å². The van der Waals surface area contributed by atoms with E-state index in [2.05, 4.69) is 0 Å². The van der Waals surface area contributed by atoms with Crippen molar-refractivity contribution in [3.05, 3.63) is 65.0 Å². The number of halogens is 1. The van der Waals surface area contributed by atoms with E-state index in [1.54, 1.807) is 25.1 Å². The van der Waals surface area contributed by atoms with Gasteiger partial charge in [0.15, 0.2) is 0 Å². The van der Waals surface area contributed by atoms with E-state index >= 15 is 0 Å². The molecule has 0 aliphatic carbocycles. The third-order valence-corrected chi connectivity index (χ3v) is 3.07. The Morgan fingerprint density at radius 2 is 1.84 bits per heavy atom. The van der Waals surface area contributed by atoms with Crippen LogP contribution in [0, 0.1) is 12.7 Å². The molecule has 0 aliphatic rings. The van der Waals surface area contributed by atoms with Gasteiger partial charge in [0, 0.05) is 0 Å². The van der Waals surface area contributed by atoms with Crippen molar-refractivity contribution in [2.75, 3.05) is 0 Å². The van der Waals surface area contributed by atoms with Crippen molar-refractivity contribution in [1.82, 2.24) is 0 Å². The highest BCUT2D eigenvalue weighted by Crippen LogP contribution is 2.19. The molecule has 0 aromatic heterocycles. The molecule has 1 atom stereocenters. The summed E-state index contributed by atoms with van der Waals surface area (Å²) in [5.41, 5.74) is 2.68. The van der Waals surface area contributed by atoms with Gasteiger partial charge in [0.05, 0.1) is 6.10 Å². The van der Waals surface area contributed by atoms with Crippen LogP contribution in [0.25, 0.3) is 0 Å². The zero-order chi connectivity index (χ0) is 13.8. The Labute approximate surface area is 112 Å². The van der Waals surface area contributed by atoms with Crippen LogP contribution >= 0.6 is 0 Å². The molecule has 0 bridgehead atoms. The highest BCUT2D eigenvalue weighted by molar-refractivity contribution is 5.30. The van der Waals surface area contributed by atoms with Gasteiger partial charge in [-0.1, -0.05) is 18.2 Å². The van der Waals surface area contributed by atoms with Crippen LogP contribution in [0.4, 0.5) is 4.39 Å². The molecule has 3 heteroatoms. The Balaban J connectivity index is 2.04. The van der Waals surface area contributed by atoms with Gasteiger partial charge < -0.3 is 9.84 Å². The molecule has 2 aromatic rings. The summed E-state index contributed by atoms with van der Waals surface area (Å²) in [7, 11) is 0. The van der Waals surface area contributed by atoms with Gasteiger partial charge in [-0.3, -0.25) is 0 Å². The number of aliphatic hydroxyl groups is 1. The first-order chi connectivity index (χ1) is 9.06. The SMILES string of the molecule is Cc1ccc(F)cc1COc1ccc([C@H](C)O)cc1. The fourth-order valence-electron chi connectivity index (χ4n) is 1.80. The van der Waals surface area contributed by atoms with E-state index in [1.165, 1.54) is 12.1 Å². The molecule has 0 amide bonds. The fraction of sp³-hybridized carbons (Fsp3) is 0.250. The van der Waals surface area contributed by atoms with E-state index in [1.807, 2.05) is 19.1 Å². The van der Waals surface area contributed by atoms with Crippen LogP contribution in [-0.2, 0) is 6.61 Å². The third kappa shape index (κ3) is 3.55. The number of hydrogen-bond donors (Lipinski definition) is 1. The summed E-state index contributed by atoms with van der Waals surface area (Å²) in [6.45, 7) is 3.97. The summed E-state index contributed by atoms with van der Waals surface area (Å²) in [5, 5.41) is 9.41. The molecule has 0 saturated carbocycles. The van der Waals surface area contributed by atoms with Gasteiger partial charge in [-0.2, -0.15) is 0 Å². The van der Waals surface area contributed by atoms with Crippen molar-refractivity contribution in [2.24, 2.45) is 0 Å². The van der Waals surface area contributed by atoms with E-state index in [-0.39, 0.29) is 5.82 Å². The van der Waals surface area contributed by atoms with Gasteiger partial charge in [0.2, 0.25) is 0 Å². The van der Waals surface area contributed by atoms with Crippen LogP contribution in [0.15, 0.2) is 42.5 Å². The number of rotatable bonds is 4. The van der Waals surface area contributed by atoms with Crippen LogP contribution in [0.2, 0.25) is 0 Å². The van der Waals surface area contributed by atoms with E-state index in [4.69, 9.17) is 4.74 Å². The highest BCUT2D eigenvalue weighted by atomic mass is 19.1. The molecular weight excluding hydrogens is 243 g/mol. The molecule has 2 aromatic carbocycles. The molecule has 2 nitrogen and oxygen atoms in total. The Kier molecular flexibility index (Phi) is 4.17. The summed E-state index contributed by atoms with van der Waals surface area (Å²) < 4.78 is 18.7. The van der Waals surface area contributed by atoms with Gasteiger partial charge in [-0.15, -0.1) is 0 Å². The molecule has 0 unspecified atom stereocenters. The number of ether oxygens (including phenoxy) is 1. The average molecular weight is 260 g/mol. The van der Waals surface area contributed by atoms with Crippen LogP contribution < -0.4 is 4.74 Å². The van der Waals surface area contributed by atoms with Gasteiger partial charge in [-0.05, 0) is 54.8 Å². The number of benzene rings is 2. The largest absolute Gasteiger partial charge is 0.489 e. The van der Waals surface area contributed by atoms with Crippen molar-refractivity contribution in [2.45, 2.75) is 26.6 Å². The molecule has 0 heterocycles. The molecule has 100 valence electrons. The van der Waals surface area contributed by atoms with Crippen molar-refractivity contribution in [3.63, 3.8) is 0 Å². The zero-order valence-corrected chi connectivity index (χ0v) is 11.1. The van der Waals surface area contributed by atoms with E-state index < -0.39 is 6.10 Å². The van der Waals surface area contributed by atoms with Crippen LogP contribution in [0.5, 0.6) is 5.75 Å². The summed E-state index contributed by atoms with van der Waals surface area (Å²) in [4.78, 5) is 0. The summed E-state index contributed by atoms with van der Waals surface area (Å²) in [5.74, 6) is 0.446. The summed E-state index contributed by atoms with van der Waals surface area (Å²) in [6, 6.07) is 11.9. The van der Waals surface area contributed by atoms with Crippen molar-refractivity contribution < 1.29 is 14.2 Å². The van der Waals surface area contributed by atoms with Gasteiger partial charge in [0.25, 0.3) is 0 Å². The second-order valence-electron chi connectivity index (χ2n) is 4.60. The van der Waals surface area contributed by atoms with E-state index in [0.29, 0.717) is 12.4 Å². The maximum absolute atomic E-state index is 13.1. The highest BCUT2D eigenvalue weighted by Gasteiger charge is 2.03. The Hall–Kier alpha value is -1.87. The van der Waals surface area contributed by atoms with Crippen LogP contribution in [-0.4, -0.2) is 5.11 Å². The second-order valence-corrected chi connectivity index (χ2v) is 4.60. The lowest BCUT2D eigenvalue weighted by atomic mass is 10.1. The minimum atomic E-state index is -0.487. The minimum Gasteiger partial charge on any atom is -0.489 e. The molecule has 1 N–H and O–H groups in total. The van der Waals surface area contributed by atoms with Crippen molar-refractivity contribution in [3.8, 4) is 5.75 Å². The number of aliphatic hydroxyl groups excluding tert-OH is 1. The first-order valence-electron chi connectivity index (χ1n) is 6.22. The van der Waals surface area contributed by atoms with Crippen LogP contribution in [0.3, 0.4) is 0 Å². The molecule has 0 radical (unpaired) electrons. The molecule has 0 saturated heterocycles. The predicted molar refractivity (Wildman–Crippen MR) is 72.5 cm³/mol. The summed E-state index contributed by atoms with van der Waals surface area (Å²) in [6.07, 6.45) is -0.487. The van der Waals surface area contributed by atoms with Gasteiger partial charge in [-0.25, -0.2) is 4.39 Å². The molecule has 0 aliphatic heterocycles. The van der Waals surface area contributed by atoms with Gasteiger partial charge in [0.1, 0.15) is 18.2 Å². The van der Waals surface area contributed by atoms with Crippen LogP contribution in [0.1, 0.15) is 29.7 Å². The lowest BCUT2D eigenvalue weighted by Gasteiger charge is -2.10. The smallest absolute Gasteiger partial charge is 0.123 e. The van der Waals surface area contributed by atoms with E-state index in [0.717, 1.165) is 16.7 Å². The zero-order valence-electron chi connectivity index (χ0n) is 11.1. The Bertz CT molecular complexity index is 547. The average Bonchev–Trinajstić information content (AvgIpc) is 2.40. The van der Waals surface area contributed by atoms with Crippen molar-refractivity contribution in [1.29, 1.82) is 0 Å². The quantitative estimate of drug-likeness (QED) is 0.906. The topological polar surface area (TPSA) is 29.5 Å².